The fourth-order valence-electron chi connectivity index (χ4n) is 3.27. The van der Waals surface area contributed by atoms with Gasteiger partial charge in [-0.1, -0.05) is 12.1 Å². The molecular weight excluding hydrogens is 416 g/mol. The van der Waals surface area contributed by atoms with Crippen LogP contribution < -0.4 is 10.6 Å². The van der Waals surface area contributed by atoms with Crippen LogP contribution in [0.15, 0.2) is 48.2 Å². The Bertz CT molecular complexity index is 1020. The van der Waals surface area contributed by atoms with Crippen LogP contribution in [0.3, 0.4) is 0 Å². The summed E-state index contributed by atoms with van der Waals surface area (Å²) in [6.45, 7) is 2.08. The molecule has 0 saturated carbocycles. The SMILES string of the molecule is CNC(=O)c1ccc(-c2ccc([C@@H]3CN(CC(=O)Nc4nccs4)CCO3)nc2)cn1. The number of nitrogens with zero attached hydrogens (tertiary/aromatic N) is 4. The number of hydrogen-bond donors (Lipinski definition) is 2. The first-order valence-corrected chi connectivity index (χ1v) is 10.7. The van der Waals surface area contributed by atoms with E-state index in [-0.39, 0.29) is 24.5 Å². The Kier molecular flexibility index (Phi) is 6.60. The van der Waals surface area contributed by atoms with Crippen LogP contribution >= 0.6 is 11.3 Å². The van der Waals surface area contributed by atoms with E-state index in [9.17, 15) is 9.59 Å². The fraction of sp³-hybridized carbons (Fsp3) is 0.286. The van der Waals surface area contributed by atoms with Crippen LogP contribution in [-0.4, -0.2) is 65.0 Å². The van der Waals surface area contributed by atoms with Gasteiger partial charge >= 0.3 is 0 Å². The summed E-state index contributed by atoms with van der Waals surface area (Å²) in [5, 5.41) is 7.78. The van der Waals surface area contributed by atoms with Crippen molar-refractivity contribution in [2.45, 2.75) is 6.10 Å². The van der Waals surface area contributed by atoms with Gasteiger partial charge in [0.15, 0.2) is 5.13 Å². The van der Waals surface area contributed by atoms with Crippen LogP contribution in [0.1, 0.15) is 22.3 Å². The third kappa shape index (κ3) is 5.29. The van der Waals surface area contributed by atoms with E-state index in [1.165, 1.54) is 11.3 Å². The number of carbonyl (C=O) groups excluding carboxylic acids is 2. The molecule has 9 nitrogen and oxygen atoms in total. The summed E-state index contributed by atoms with van der Waals surface area (Å²) >= 11 is 1.39. The van der Waals surface area contributed by atoms with Gasteiger partial charge in [-0.15, -0.1) is 11.3 Å². The van der Waals surface area contributed by atoms with Crippen molar-refractivity contribution in [1.29, 1.82) is 0 Å². The lowest BCUT2D eigenvalue weighted by Crippen LogP contribution is -2.42. The number of ether oxygens (including phenoxy) is 1. The summed E-state index contributed by atoms with van der Waals surface area (Å²) in [4.78, 5) is 38.7. The van der Waals surface area contributed by atoms with Gasteiger partial charge in [-0.25, -0.2) is 4.98 Å². The van der Waals surface area contributed by atoms with Gasteiger partial charge in [-0.3, -0.25) is 24.5 Å². The standard InChI is InChI=1S/C21H22N6O3S/c1-22-20(29)17-5-3-15(11-25-17)14-2-4-16(24-10-14)18-12-27(7-8-30-18)13-19(28)26-21-23-6-9-31-21/h2-6,9-11,18H,7-8,12-13H2,1H3,(H,22,29)(H,23,26,28)/t18-/m0/s1. The molecular formula is C21H22N6O3S. The number of morpholine rings is 1. The molecule has 0 aliphatic carbocycles. The van der Waals surface area contributed by atoms with Crippen LogP contribution in [0.5, 0.6) is 0 Å². The molecule has 1 aliphatic heterocycles. The summed E-state index contributed by atoms with van der Waals surface area (Å²) in [6, 6.07) is 7.40. The Morgan fingerprint density at radius 2 is 1.97 bits per heavy atom. The highest BCUT2D eigenvalue weighted by atomic mass is 32.1. The third-order valence-corrected chi connectivity index (χ3v) is 5.56. The molecule has 4 heterocycles. The van der Waals surface area contributed by atoms with Crippen molar-refractivity contribution in [3.63, 3.8) is 0 Å². The van der Waals surface area contributed by atoms with E-state index in [0.717, 1.165) is 16.8 Å². The van der Waals surface area contributed by atoms with Gasteiger partial charge in [0.1, 0.15) is 11.8 Å². The minimum Gasteiger partial charge on any atom is -0.369 e. The molecule has 3 aromatic heterocycles. The summed E-state index contributed by atoms with van der Waals surface area (Å²) in [7, 11) is 1.57. The first-order valence-electron chi connectivity index (χ1n) is 9.80. The van der Waals surface area contributed by atoms with Gasteiger partial charge in [0, 0.05) is 55.2 Å². The lowest BCUT2D eigenvalue weighted by atomic mass is 10.1. The maximum atomic E-state index is 12.2. The first kappa shape index (κ1) is 21.0. The van der Waals surface area contributed by atoms with Crippen molar-refractivity contribution in [1.82, 2.24) is 25.2 Å². The van der Waals surface area contributed by atoms with E-state index in [0.29, 0.717) is 30.5 Å². The van der Waals surface area contributed by atoms with E-state index < -0.39 is 0 Å². The number of hydrogen-bond acceptors (Lipinski definition) is 8. The molecule has 1 saturated heterocycles. The van der Waals surface area contributed by atoms with Gasteiger partial charge in [-0.05, 0) is 12.1 Å². The maximum absolute atomic E-state index is 12.2. The number of aromatic nitrogens is 3. The number of amides is 2. The van der Waals surface area contributed by atoms with Gasteiger partial charge in [0.25, 0.3) is 5.91 Å². The molecule has 0 unspecified atom stereocenters. The number of carbonyl (C=O) groups is 2. The van der Waals surface area contributed by atoms with Crippen LogP contribution in [0.4, 0.5) is 5.13 Å². The zero-order valence-corrected chi connectivity index (χ0v) is 17.8. The molecule has 0 radical (unpaired) electrons. The number of anilines is 1. The third-order valence-electron chi connectivity index (χ3n) is 4.87. The molecule has 3 aromatic rings. The summed E-state index contributed by atoms with van der Waals surface area (Å²) < 4.78 is 5.88. The predicted octanol–water partition coefficient (Wildman–Crippen LogP) is 1.97. The molecule has 1 atom stereocenters. The Morgan fingerprint density at radius 1 is 1.16 bits per heavy atom. The molecule has 1 fully saturated rings. The molecule has 160 valence electrons. The zero-order valence-electron chi connectivity index (χ0n) is 16.9. The Balaban J connectivity index is 1.37. The smallest absolute Gasteiger partial charge is 0.269 e. The zero-order chi connectivity index (χ0) is 21.6. The number of pyridine rings is 2. The van der Waals surface area contributed by atoms with Crippen LogP contribution in [-0.2, 0) is 9.53 Å². The molecule has 0 aromatic carbocycles. The monoisotopic (exact) mass is 438 g/mol. The average Bonchev–Trinajstić information content (AvgIpc) is 3.32. The molecule has 2 N–H and O–H groups in total. The topological polar surface area (TPSA) is 109 Å². The lowest BCUT2D eigenvalue weighted by molar-refractivity contribution is -0.119. The Hall–Kier alpha value is -3.21. The summed E-state index contributed by atoms with van der Waals surface area (Å²) in [5.74, 6) is -0.314. The van der Waals surface area contributed by atoms with E-state index in [1.807, 2.05) is 28.5 Å². The van der Waals surface area contributed by atoms with Crippen molar-refractivity contribution in [3.8, 4) is 11.1 Å². The van der Waals surface area contributed by atoms with Gasteiger partial charge in [0.05, 0.1) is 18.8 Å². The quantitative estimate of drug-likeness (QED) is 0.606. The van der Waals surface area contributed by atoms with Crippen molar-refractivity contribution in [2.24, 2.45) is 0 Å². The molecule has 1 aliphatic rings. The van der Waals surface area contributed by atoms with Crippen LogP contribution in [0.2, 0.25) is 0 Å². The van der Waals surface area contributed by atoms with Gasteiger partial charge in [-0.2, -0.15) is 0 Å². The Morgan fingerprint density at radius 3 is 2.61 bits per heavy atom. The second kappa shape index (κ2) is 9.73. The minimum absolute atomic E-state index is 0.0911. The van der Waals surface area contributed by atoms with Crippen molar-refractivity contribution in [2.75, 3.05) is 38.6 Å². The largest absolute Gasteiger partial charge is 0.369 e. The highest BCUT2D eigenvalue weighted by Gasteiger charge is 2.24. The van der Waals surface area contributed by atoms with Crippen molar-refractivity contribution < 1.29 is 14.3 Å². The molecule has 2 amide bonds. The fourth-order valence-corrected chi connectivity index (χ4v) is 3.81. The second-order valence-corrected chi connectivity index (χ2v) is 7.86. The normalized spacial score (nSPS) is 16.6. The van der Waals surface area contributed by atoms with Crippen LogP contribution in [0, 0.1) is 0 Å². The highest BCUT2D eigenvalue weighted by Crippen LogP contribution is 2.24. The molecule has 0 spiro atoms. The van der Waals surface area contributed by atoms with Gasteiger partial charge < -0.3 is 15.4 Å². The van der Waals surface area contributed by atoms with Crippen molar-refractivity contribution in [3.05, 3.63) is 59.6 Å². The molecule has 4 rings (SSSR count). The lowest BCUT2D eigenvalue weighted by Gasteiger charge is -2.32. The Labute approximate surface area is 183 Å². The molecule has 31 heavy (non-hydrogen) atoms. The minimum atomic E-state index is -0.223. The molecule has 10 heteroatoms. The second-order valence-electron chi connectivity index (χ2n) is 6.96. The van der Waals surface area contributed by atoms with E-state index in [2.05, 4.69) is 25.6 Å². The summed E-state index contributed by atoms with van der Waals surface area (Å²) in [6.07, 6.45) is 4.88. The molecule has 0 bridgehead atoms. The average molecular weight is 439 g/mol. The maximum Gasteiger partial charge on any atom is 0.269 e. The van der Waals surface area contributed by atoms with Gasteiger partial charge in [0.2, 0.25) is 5.91 Å². The predicted molar refractivity (Wildman–Crippen MR) is 117 cm³/mol. The summed E-state index contributed by atoms with van der Waals surface area (Å²) in [5.41, 5.74) is 2.95. The van der Waals surface area contributed by atoms with E-state index in [4.69, 9.17) is 4.74 Å². The van der Waals surface area contributed by atoms with E-state index >= 15 is 0 Å². The number of rotatable bonds is 6. The van der Waals surface area contributed by atoms with Crippen molar-refractivity contribution >= 4 is 28.3 Å². The van der Waals surface area contributed by atoms with Crippen LogP contribution in [0.25, 0.3) is 11.1 Å². The highest BCUT2D eigenvalue weighted by molar-refractivity contribution is 7.13. The number of nitrogens with one attached hydrogen (secondary N) is 2. The first-order chi connectivity index (χ1) is 15.1. The number of thiazole rings is 1. The van der Waals surface area contributed by atoms with E-state index in [1.54, 1.807) is 31.7 Å².